The number of hydrogen-bond donors (Lipinski definition) is 2. The number of carbonyl (C=O) groups is 1. The number of halogens is 2. The average molecular weight is 365 g/mol. The molecular weight excluding hydrogens is 351 g/mol. The maximum absolute atomic E-state index is 13.8. The summed E-state index contributed by atoms with van der Waals surface area (Å²) in [6.45, 7) is 1.84. The highest BCUT2D eigenvalue weighted by Gasteiger charge is 2.30. The molecule has 1 unspecified atom stereocenters. The molecule has 1 amide bonds. The number of nitrogens with one attached hydrogen (secondary N) is 1. The molecule has 0 aliphatic heterocycles. The molecule has 0 saturated heterocycles. The summed E-state index contributed by atoms with van der Waals surface area (Å²) in [5, 5.41) is 7.69. The molecule has 0 radical (unpaired) electrons. The van der Waals surface area contributed by atoms with E-state index in [1.807, 2.05) is 6.92 Å². The molecule has 0 bridgehead atoms. The summed E-state index contributed by atoms with van der Waals surface area (Å²) < 4.78 is 36.5. The summed E-state index contributed by atoms with van der Waals surface area (Å²) >= 11 is 2.92. The molecule has 1 fully saturated rings. The molecule has 1 aromatic carbocycles. The van der Waals surface area contributed by atoms with Crippen molar-refractivity contribution in [3.8, 4) is 0 Å². The first-order valence-electron chi connectivity index (χ1n) is 6.03. The van der Waals surface area contributed by atoms with Crippen molar-refractivity contribution in [2.75, 3.05) is 0 Å². The summed E-state index contributed by atoms with van der Waals surface area (Å²) in [6, 6.07) is 1.81. The molecule has 1 aliphatic rings. The van der Waals surface area contributed by atoms with E-state index in [4.69, 9.17) is 5.14 Å². The van der Waals surface area contributed by atoms with Gasteiger partial charge in [0.2, 0.25) is 10.0 Å². The van der Waals surface area contributed by atoms with Crippen LogP contribution in [0.2, 0.25) is 0 Å². The molecule has 5 nitrogen and oxygen atoms in total. The molecule has 110 valence electrons. The Bertz CT molecular complexity index is 659. The van der Waals surface area contributed by atoms with E-state index in [-0.39, 0.29) is 21.0 Å². The second kappa shape index (κ2) is 5.42. The van der Waals surface area contributed by atoms with Gasteiger partial charge in [-0.2, -0.15) is 0 Å². The quantitative estimate of drug-likeness (QED) is 0.852. The molecule has 20 heavy (non-hydrogen) atoms. The third-order valence-corrected chi connectivity index (χ3v) is 5.13. The van der Waals surface area contributed by atoms with E-state index >= 15 is 0 Å². The minimum absolute atomic E-state index is 0.00992. The number of nitrogens with two attached hydrogens (primary N) is 1. The predicted octanol–water partition coefficient (Wildman–Crippen LogP) is 1.76. The fraction of sp³-hybridized carbons (Fsp3) is 0.417. The van der Waals surface area contributed by atoms with Crippen LogP contribution < -0.4 is 10.5 Å². The highest BCUT2D eigenvalue weighted by atomic mass is 79.9. The predicted molar refractivity (Wildman–Crippen MR) is 75.1 cm³/mol. The van der Waals surface area contributed by atoms with Gasteiger partial charge in [-0.15, -0.1) is 0 Å². The van der Waals surface area contributed by atoms with E-state index in [0.717, 1.165) is 25.0 Å². The summed E-state index contributed by atoms with van der Waals surface area (Å²) in [6.07, 6.45) is 2.07. The van der Waals surface area contributed by atoms with Gasteiger partial charge >= 0.3 is 0 Å². The Morgan fingerprint density at radius 1 is 1.50 bits per heavy atom. The van der Waals surface area contributed by atoms with Crippen molar-refractivity contribution in [2.45, 2.75) is 30.7 Å². The molecule has 1 saturated carbocycles. The normalized spacial score (nSPS) is 16.8. The van der Waals surface area contributed by atoms with E-state index in [1.165, 1.54) is 0 Å². The topological polar surface area (TPSA) is 89.3 Å². The van der Waals surface area contributed by atoms with Crippen molar-refractivity contribution in [3.05, 3.63) is 28.0 Å². The molecule has 0 aromatic heterocycles. The Labute approximate surface area is 124 Å². The number of carbonyl (C=O) groups excluding carboxylic acids is 1. The Hall–Kier alpha value is -0.990. The molecule has 1 aliphatic carbocycles. The van der Waals surface area contributed by atoms with E-state index < -0.39 is 21.7 Å². The number of rotatable bonds is 4. The molecule has 0 spiro atoms. The summed E-state index contributed by atoms with van der Waals surface area (Å²) in [5.41, 5.74) is -0.329. The zero-order valence-corrected chi connectivity index (χ0v) is 13.1. The van der Waals surface area contributed by atoms with Crippen LogP contribution >= 0.6 is 15.9 Å². The second-order valence-electron chi connectivity index (χ2n) is 4.91. The van der Waals surface area contributed by atoms with Gasteiger partial charge in [0, 0.05) is 10.5 Å². The molecule has 2 rings (SSSR count). The first-order chi connectivity index (χ1) is 9.20. The smallest absolute Gasteiger partial charge is 0.254 e. The number of primary sulfonamides is 1. The molecule has 3 N–H and O–H groups in total. The number of sulfonamides is 1. The summed E-state index contributed by atoms with van der Waals surface area (Å²) in [4.78, 5) is 11.7. The first kappa shape index (κ1) is 15.4. The van der Waals surface area contributed by atoms with Gasteiger partial charge in [0.15, 0.2) is 0 Å². The maximum Gasteiger partial charge on any atom is 0.254 e. The number of benzene rings is 1. The number of hydrogen-bond acceptors (Lipinski definition) is 3. The average Bonchev–Trinajstić information content (AvgIpc) is 3.10. The van der Waals surface area contributed by atoms with Crippen LogP contribution in [-0.4, -0.2) is 20.4 Å². The maximum atomic E-state index is 13.8. The lowest BCUT2D eigenvalue weighted by Gasteiger charge is -2.14. The van der Waals surface area contributed by atoms with E-state index in [1.54, 1.807) is 0 Å². The zero-order chi connectivity index (χ0) is 15.1. The zero-order valence-electron chi connectivity index (χ0n) is 10.7. The molecule has 8 heteroatoms. The van der Waals surface area contributed by atoms with Crippen LogP contribution in [0.1, 0.15) is 30.1 Å². The standard InChI is InChI=1S/C12H14BrFN2O3S/c1-6(7-2-3-7)16-12(17)8-4-11(20(15,18)19)9(13)5-10(8)14/h4-7H,2-3H2,1H3,(H,16,17)(H2,15,18,19). The summed E-state index contributed by atoms with van der Waals surface area (Å²) in [7, 11) is -4.03. The van der Waals surface area contributed by atoms with Gasteiger partial charge in [0.05, 0.1) is 10.5 Å². The Morgan fingerprint density at radius 3 is 2.60 bits per heavy atom. The third-order valence-electron chi connectivity index (χ3n) is 3.26. The monoisotopic (exact) mass is 364 g/mol. The van der Waals surface area contributed by atoms with Crippen molar-refractivity contribution >= 4 is 31.9 Å². The first-order valence-corrected chi connectivity index (χ1v) is 8.37. The van der Waals surface area contributed by atoms with Crippen LogP contribution in [-0.2, 0) is 10.0 Å². The Morgan fingerprint density at radius 2 is 2.10 bits per heavy atom. The van der Waals surface area contributed by atoms with Gasteiger partial charge in [-0.1, -0.05) is 0 Å². The highest BCUT2D eigenvalue weighted by molar-refractivity contribution is 9.10. The fourth-order valence-corrected chi connectivity index (χ4v) is 3.52. The third kappa shape index (κ3) is 3.36. The van der Waals surface area contributed by atoms with Crippen molar-refractivity contribution in [1.29, 1.82) is 0 Å². The Kier molecular flexibility index (Phi) is 4.17. The lowest BCUT2D eigenvalue weighted by molar-refractivity contribution is 0.0931. The summed E-state index contributed by atoms with van der Waals surface area (Å²) in [5.74, 6) is -1.03. The minimum atomic E-state index is -4.03. The van der Waals surface area contributed by atoms with Gasteiger partial charge < -0.3 is 5.32 Å². The second-order valence-corrected chi connectivity index (χ2v) is 7.29. The molecular formula is C12H14BrFN2O3S. The SMILES string of the molecule is CC(NC(=O)c1cc(S(N)(=O)=O)c(Br)cc1F)C1CC1. The van der Waals surface area contributed by atoms with Crippen LogP contribution in [0.4, 0.5) is 4.39 Å². The largest absolute Gasteiger partial charge is 0.349 e. The lowest BCUT2D eigenvalue weighted by Crippen LogP contribution is -2.34. The van der Waals surface area contributed by atoms with Crippen molar-refractivity contribution in [2.24, 2.45) is 11.1 Å². The van der Waals surface area contributed by atoms with Crippen molar-refractivity contribution in [3.63, 3.8) is 0 Å². The van der Waals surface area contributed by atoms with Crippen molar-refractivity contribution in [1.82, 2.24) is 5.32 Å². The highest BCUT2D eigenvalue weighted by Crippen LogP contribution is 2.32. The lowest BCUT2D eigenvalue weighted by atomic mass is 10.1. The van der Waals surface area contributed by atoms with Crippen molar-refractivity contribution < 1.29 is 17.6 Å². The van der Waals surface area contributed by atoms with Crippen LogP contribution in [0.5, 0.6) is 0 Å². The van der Waals surface area contributed by atoms with Crippen LogP contribution in [0.3, 0.4) is 0 Å². The Balaban J connectivity index is 2.33. The fourth-order valence-electron chi connectivity index (χ4n) is 1.92. The minimum Gasteiger partial charge on any atom is -0.349 e. The molecule has 1 aromatic rings. The van der Waals surface area contributed by atoms with Gasteiger partial charge in [0.1, 0.15) is 5.82 Å². The van der Waals surface area contributed by atoms with Gasteiger partial charge in [-0.25, -0.2) is 17.9 Å². The molecule has 0 heterocycles. The van der Waals surface area contributed by atoms with E-state index in [0.29, 0.717) is 5.92 Å². The van der Waals surface area contributed by atoms with Crippen LogP contribution in [0.15, 0.2) is 21.5 Å². The van der Waals surface area contributed by atoms with Crippen LogP contribution in [0, 0.1) is 11.7 Å². The van der Waals surface area contributed by atoms with Gasteiger partial charge in [-0.05, 0) is 53.7 Å². The van der Waals surface area contributed by atoms with E-state index in [9.17, 15) is 17.6 Å². The van der Waals surface area contributed by atoms with E-state index in [2.05, 4.69) is 21.2 Å². The number of amides is 1. The van der Waals surface area contributed by atoms with Gasteiger partial charge in [-0.3, -0.25) is 4.79 Å². The van der Waals surface area contributed by atoms with Gasteiger partial charge in [0.25, 0.3) is 5.91 Å². The molecule has 1 atom stereocenters. The van der Waals surface area contributed by atoms with Crippen LogP contribution in [0.25, 0.3) is 0 Å².